The Labute approximate surface area is 147 Å². The monoisotopic (exact) mass is 336 g/mol. The van der Waals surface area contributed by atoms with Crippen molar-refractivity contribution in [2.24, 2.45) is 0 Å². The average molecular weight is 336 g/mol. The third kappa shape index (κ3) is 4.27. The normalized spacial score (nSPS) is 14.6. The third-order valence-corrected chi connectivity index (χ3v) is 4.26. The van der Waals surface area contributed by atoms with Gasteiger partial charge in [-0.3, -0.25) is 4.98 Å². The van der Waals surface area contributed by atoms with Crippen molar-refractivity contribution in [3.63, 3.8) is 0 Å². The van der Waals surface area contributed by atoms with E-state index in [2.05, 4.69) is 16.4 Å². The van der Waals surface area contributed by atoms with Crippen LogP contribution in [0.3, 0.4) is 0 Å². The van der Waals surface area contributed by atoms with E-state index in [4.69, 9.17) is 10.00 Å². The Balaban J connectivity index is 1.52. The Morgan fingerprint density at radius 2 is 2.16 bits per heavy atom. The van der Waals surface area contributed by atoms with Gasteiger partial charge in [0.15, 0.2) is 0 Å². The molecule has 0 unspecified atom stereocenters. The smallest absolute Gasteiger partial charge is 0.321 e. The molecule has 0 aliphatic carbocycles. The second-order valence-corrected chi connectivity index (χ2v) is 6.06. The number of piperidine rings is 1. The summed E-state index contributed by atoms with van der Waals surface area (Å²) in [4.78, 5) is 18.2. The van der Waals surface area contributed by atoms with Crippen molar-refractivity contribution < 1.29 is 9.53 Å². The number of nitriles is 1. The summed E-state index contributed by atoms with van der Waals surface area (Å²) in [7, 11) is 0. The first-order valence-corrected chi connectivity index (χ1v) is 8.29. The molecule has 2 heterocycles. The summed E-state index contributed by atoms with van der Waals surface area (Å²) < 4.78 is 5.95. The van der Waals surface area contributed by atoms with E-state index >= 15 is 0 Å². The number of pyridine rings is 1. The fraction of sp³-hybridized carbons (Fsp3) is 0.316. The van der Waals surface area contributed by atoms with Gasteiger partial charge in [0, 0.05) is 44.0 Å². The molecule has 1 saturated heterocycles. The number of urea groups is 1. The van der Waals surface area contributed by atoms with E-state index in [0.29, 0.717) is 24.4 Å². The first-order chi connectivity index (χ1) is 12.2. The quantitative estimate of drug-likeness (QED) is 0.932. The molecule has 1 aliphatic heterocycles. The molecule has 2 aromatic rings. The minimum atomic E-state index is -0.0979. The van der Waals surface area contributed by atoms with Gasteiger partial charge in [-0.25, -0.2) is 4.79 Å². The Hall–Kier alpha value is -3.07. The summed E-state index contributed by atoms with van der Waals surface area (Å²) in [5.74, 6) is 0.703. The molecule has 0 bridgehead atoms. The summed E-state index contributed by atoms with van der Waals surface area (Å²) in [6.45, 7) is 3.19. The number of benzene rings is 1. The van der Waals surface area contributed by atoms with Crippen LogP contribution in [-0.2, 0) is 0 Å². The number of carbonyl (C=O) groups excluding carboxylic acids is 1. The van der Waals surface area contributed by atoms with Crippen molar-refractivity contribution in [2.75, 3.05) is 18.4 Å². The summed E-state index contributed by atoms with van der Waals surface area (Å²) >= 11 is 0. The Kier molecular flexibility index (Phi) is 5.14. The number of amides is 2. The van der Waals surface area contributed by atoms with Gasteiger partial charge < -0.3 is 15.0 Å². The second-order valence-electron chi connectivity index (χ2n) is 6.06. The highest BCUT2D eigenvalue weighted by Gasteiger charge is 2.24. The zero-order chi connectivity index (χ0) is 17.6. The maximum atomic E-state index is 12.4. The summed E-state index contributed by atoms with van der Waals surface area (Å²) in [5.41, 5.74) is 2.31. The van der Waals surface area contributed by atoms with E-state index in [1.54, 1.807) is 35.5 Å². The molecule has 0 radical (unpaired) electrons. The molecule has 6 heteroatoms. The predicted octanol–water partition coefficient (Wildman–Crippen LogP) is 3.34. The molecule has 1 fully saturated rings. The van der Waals surface area contributed by atoms with Crippen LogP contribution < -0.4 is 10.1 Å². The van der Waals surface area contributed by atoms with Crippen LogP contribution in [0.25, 0.3) is 0 Å². The van der Waals surface area contributed by atoms with Gasteiger partial charge >= 0.3 is 6.03 Å². The van der Waals surface area contributed by atoms with E-state index in [1.807, 2.05) is 19.1 Å². The van der Waals surface area contributed by atoms with Gasteiger partial charge in [0.05, 0.1) is 11.6 Å². The van der Waals surface area contributed by atoms with Crippen molar-refractivity contribution >= 4 is 11.7 Å². The Bertz CT molecular complexity index is 792. The lowest BCUT2D eigenvalue weighted by atomic mass is 10.1. The minimum absolute atomic E-state index is 0.0562. The van der Waals surface area contributed by atoms with E-state index in [9.17, 15) is 4.79 Å². The number of aromatic nitrogens is 1. The molecular formula is C19H20N4O2. The van der Waals surface area contributed by atoms with Crippen LogP contribution in [0.4, 0.5) is 10.5 Å². The van der Waals surface area contributed by atoms with Crippen LogP contribution >= 0.6 is 0 Å². The highest BCUT2D eigenvalue weighted by molar-refractivity contribution is 5.90. The summed E-state index contributed by atoms with van der Waals surface area (Å²) in [6.07, 6.45) is 4.97. The number of carbonyl (C=O) groups is 1. The van der Waals surface area contributed by atoms with Gasteiger partial charge in [-0.05, 0) is 36.8 Å². The lowest BCUT2D eigenvalue weighted by Crippen LogP contribution is -2.43. The number of nitrogens with one attached hydrogen (secondary N) is 1. The number of likely N-dealkylation sites (tertiary alicyclic amines) is 1. The molecule has 2 amide bonds. The van der Waals surface area contributed by atoms with Crippen LogP contribution in [0.1, 0.15) is 24.0 Å². The number of aryl methyl sites for hydroxylation is 1. The Morgan fingerprint density at radius 3 is 2.88 bits per heavy atom. The van der Waals surface area contributed by atoms with Gasteiger partial charge in [-0.15, -0.1) is 0 Å². The van der Waals surface area contributed by atoms with Crippen molar-refractivity contribution in [3.05, 3.63) is 53.9 Å². The number of ether oxygens (including phenoxy) is 1. The van der Waals surface area contributed by atoms with Crippen molar-refractivity contribution in [3.8, 4) is 11.8 Å². The first-order valence-electron chi connectivity index (χ1n) is 8.29. The largest absolute Gasteiger partial charge is 0.490 e. The highest BCUT2D eigenvalue weighted by atomic mass is 16.5. The maximum absolute atomic E-state index is 12.4. The molecule has 128 valence electrons. The zero-order valence-electron chi connectivity index (χ0n) is 14.1. The van der Waals surface area contributed by atoms with Crippen LogP contribution in [0, 0.1) is 18.3 Å². The SMILES string of the molecule is Cc1cnccc1NC(=O)N1CCC(Oc2cccc(C#N)c2)CC1. The number of hydrogen-bond acceptors (Lipinski definition) is 4. The molecule has 0 atom stereocenters. The molecule has 6 nitrogen and oxygen atoms in total. The van der Waals surface area contributed by atoms with Crippen molar-refractivity contribution in [1.82, 2.24) is 9.88 Å². The lowest BCUT2D eigenvalue weighted by molar-refractivity contribution is 0.115. The van der Waals surface area contributed by atoms with Crippen molar-refractivity contribution in [2.45, 2.75) is 25.9 Å². The summed E-state index contributed by atoms with van der Waals surface area (Å²) in [5, 5.41) is 11.9. The van der Waals surface area contributed by atoms with Crippen LogP contribution in [0.5, 0.6) is 5.75 Å². The van der Waals surface area contributed by atoms with E-state index in [1.165, 1.54) is 0 Å². The lowest BCUT2D eigenvalue weighted by Gasteiger charge is -2.32. The van der Waals surface area contributed by atoms with E-state index in [0.717, 1.165) is 24.1 Å². The molecule has 0 spiro atoms. The van der Waals surface area contributed by atoms with E-state index < -0.39 is 0 Å². The molecule has 1 aliphatic rings. The molecule has 1 aromatic carbocycles. The van der Waals surface area contributed by atoms with Crippen LogP contribution in [0.2, 0.25) is 0 Å². The zero-order valence-corrected chi connectivity index (χ0v) is 14.1. The first kappa shape index (κ1) is 16.8. The number of rotatable bonds is 3. The molecule has 1 aromatic heterocycles. The van der Waals surface area contributed by atoms with Gasteiger partial charge in [-0.2, -0.15) is 5.26 Å². The maximum Gasteiger partial charge on any atom is 0.321 e. The van der Waals surface area contributed by atoms with Crippen LogP contribution in [-0.4, -0.2) is 35.1 Å². The average Bonchev–Trinajstić information content (AvgIpc) is 2.64. The number of anilines is 1. The topological polar surface area (TPSA) is 78.2 Å². The fourth-order valence-corrected chi connectivity index (χ4v) is 2.82. The highest BCUT2D eigenvalue weighted by Crippen LogP contribution is 2.21. The van der Waals surface area contributed by atoms with Gasteiger partial charge in [0.25, 0.3) is 0 Å². The van der Waals surface area contributed by atoms with E-state index in [-0.39, 0.29) is 12.1 Å². The number of nitrogens with zero attached hydrogens (tertiary/aromatic N) is 3. The minimum Gasteiger partial charge on any atom is -0.490 e. The fourth-order valence-electron chi connectivity index (χ4n) is 2.82. The predicted molar refractivity (Wildman–Crippen MR) is 94.4 cm³/mol. The standard InChI is InChI=1S/C19H20N4O2/c1-14-13-21-8-5-18(14)22-19(24)23-9-6-16(7-10-23)25-17-4-2-3-15(11-17)12-20/h2-5,8,11,13,16H,6-7,9-10H2,1H3,(H,21,22,24). The van der Waals surface area contributed by atoms with Gasteiger partial charge in [0.2, 0.25) is 0 Å². The molecule has 0 saturated carbocycles. The Morgan fingerprint density at radius 1 is 1.36 bits per heavy atom. The molecule has 3 rings (SSSR count). The van der Waals surface area contributed by atoms with Gasteiger partial charge in [-0.1, -0.05) is 6.07 Å². The molecule has 1 N–H and O–H groups in total. The van der Waals surface area contributed by atoms with Gasteiger partial charge in [0.1, 0.15) is 11.9 Å². The molecule has 25 heavy (non-hydrogen) atoms. The van der Waals surface area contributed by atoms with Crippen molar-refractivity contribution in [1.29, 1.82) is 5.26 Å². The number of hydrogen-bond donors (Lipinski definition) is 1. The summed E-state index contributed by atoms with van der Waals surface area (Å²) in [6, 6.07) is 11.0. The third-order valence-electron chi connectivity index (χ3n) is 4.26. The second kappa shape index (κ2) is 7.67. The molecular weight excluding hydrogens is 316 g/mol. The van der Waals surface area contributed by atoms with Crippen LogP contribution in [0.15, 0.2) is 42.7 Å².